The normalized spacial score (nSPS) is 10.1. The Morgan fingerprint density at radius 2 is 2.00 bits per heavy atom. The summed E-state index contributed by atoms with van der Waals surface area (Å²) in [6.45, 7) is 4.91. The standard InChI is InChI=1S/C12H16Cl2N2S/c1-3-4-5-15-12(17)16-11-7-9(13)8(2)6-10(11)14/h6-7H,3-5H2,1-2H3,(H2,15,16,17). The summed E-state index contributed by atoms with van der Waals surface area (Å²) in [6.07, 6.45) is 2.22. The summed E-state index contributed by atoms with van der Waals surface area (Å²) in [6, 6.07) is 3.61. The zero-order valence-electron chi connectivity index (χ0n) is 9.94. The Hall–Kier alpha value is -0.510. The SMILES string of the molecule is CCCCNC(=S)Nc1cc(Cl)c(C)cc1Cl. The van der Waals surface area contributed by atoms with E-state index in [1.54, 1.807) is 6.07 Å². The summed E-state index contributed by atoms with van der Waals surface area (Å²) in [5.74, 6) is 0. The van der Waals surface area contributed by atoms with Gasteiger partial charge in [0, 0.05) is 11.6 Å². The molecule has 1 aromatic carbocycles. The first-order valence-corrected chi connectivity index (χ1v) is 6.71. The van der Waals surface area contributed by atoms with Crippen LogP contribution in [0.25, 0.3) is 0 Å². The Morgan fingerprint density at radius 3 is 2.65 bits per heavy atom. The van der Waals surface area contributed by atoms with Gasteiger partial charge in [-0.3, -0.25) is 0 Å². The monoisotopic (exact) mass is 290 g/mol. The van der Waals surface area contributed by atoms with Crippen LogP contribution in [-0.4, -0.2) is 11.7 Å². The average Bonchev–Trinajstić information content (AvgIpc) is 2.26. The number of halogens is 2. The van der Waals surface area contributed by atoms with E-state index in [0.29, 0.717) is 15.2 Å². The molecule has 2 nitrogen and oxygen atoms in total. The molecule has 0 spiro atoms. The molecule has 0 aliphatic carbocycles. The van der Waals surface area contributed by atoms with Crippen LogP contribution in [0.3, 0.4) is 0 Å². The molecule has 1 rings (SSSR count). The topological polar surface area (TPSA) is 24.1 Å². The highest BCUT2D eigenvalue weighted by atomic mass is 35.5. The third-order valence-corrected chi connectivity index (χ3v) is 3.28. The van der Waals surface area contributed by atoms with Gasteiger partial charge in [-0.15, -0.1) is 0 Å². The Bertz CT molecular complexity index is 408. The van der Waals surface area contributed by atoms with Gasteiger partial charge in [0.05, 0.1) is 10.7 Å². The maximum Gasteiger partial charge on any atom is 0.170 e. The van der Waals surface area contributed by atoms with Crippen LogP contribution in [0.4, 0.5) is 5.69 Å². The Morgan fingerprint density at radius 1 is 1.29 bits per heavy atom. The van der Waals surface area contributed by atoms with Gasteiger partial charge < -0.3 is 10.6 Å². The third kappa shape index (κ3) is 4.70. The molecule has 1 aromatic rings. The molecule has 0 fully saturated rings. The molecule has 0 amide bonds. The molecule has 0 bridgehead atoms. The number of unbranched alkanes of at least 4 members (excludes halogenated alkanes) is 1. The third-order valence-electron chi connectivity index (χ3n) is 2.31. The van der Waals surface area contributed by atoms with Crippen molar-refractivity contribution >= 4 is 46.2 Å². The molecule has 2 N–H and O–H groups in total. The molecule has 0 radical (unpaired) electrons. The summed E-state index contributed by atoms with van der Waals surface area (Å²) < 4.78 is 0. The smallest absolute Gasteiger partial charge is 0.170 e. The van der Waals surface area contributed by atoms with Crippen LogP contribution in [0.5, 0.6) is 0 Å². The molecular formula is C12H16Cl2N2S. The Labute approximate surface area is 118 Å². The molecule has 0 heterocycles. The first kappa shape index (κ1) is 14.6. The highest BCUT2D eigenvalue weighted by Gasteiger charge is 2.05. The number of benzene rings is 1. The molecule has 94 valence electrons. The molecule has 0 aliphatic rings. The van der Waals surface area contributed by atoms with Crippen molar-refractivity contribution in [1.29, 1.82) is 0 Å². The summed E-state index contributed by atoms with van der Waals surface area (Å²) in [5, 5.41) is 8.01. The highest BCUT2D eigenvalue weighted by molar-refractivity contribution is 7.80. The maximum absolute atomic E-state index is 6.10. The van der Waals surface area contributed by atoms with E-state index in [4.69, 9.17) is 35.4 Å². The molecule has 0 aromatic heterocycles. The lowest BCUT2D eigenvalue weighted by atomic mass is 10.2. The van der Waals surface area contributed by atoms with Gasteiger partial charge >= 0.3 is 0 Å². The quantitative estimate of drug-likeness (QED) is 0.635. The van der Waals surface area contributed by atoms with Gasteiger partial charge in [0.15, 0.2) is 5.11 Å². The molecule has 17 heavy (non-hydrogen) atoms. The van der Waals surface area contributed by atoms with Gasteiger partial charge in [0.1, 0.15) is 0 Å². The van der Waals surface area contributed by atoms with E-state index >= 15 is 0 Å². The zero-order valence-corrected chi connectivity index (χ0v) is 12.3. The lowest BCUT2D eigenvalue weighted by Gasteiger charge is -2.12. The van der Waals surface area contributed by atoms with E-state index in [-0.39, 0.29) is 0 Å². The van der Waals surface area contributed by atoms with Crippen LogP contribution in [-0.2, 0) is 0 Å². The van der Waals surface area contributed by atoms with E-state index in [9.17, 15) is 0 Å². The second-order valence-electron chi connectivity index (χ2n) is 3.82. The van der Waals surface area contributed by atoms with Crippen LogP contribution in [0.1, 0.15) is 25.3 Å². The van der Waals surface area contributed by atoms with E-state index in [0.717, 1.165) is 30.6 Å². The predicted molar refractivity (Wildman–Crippen MR) is 80.3 cm³/mol. The molecule has 0 saturated heterocycles. The largest absolute Gasteiger partial charge is 0.362 e. The van der Waals surface area contributed by atoms with Crippen LogP contribution >= 0.6 is 35.4 Å². The maximum atomic E-state index is 6.10. The predicted octanol–water partition coefficient (Wildman–Crippen LogP) is 4.39. The number of hydrogen-bond acceptors (Lipinski definition) is 1. The van der Waals surface area contributed by atoms with Crippen molar-refractivity contribution < 1.29 is 0 Å². The highest BCUT2D eigenvalue weighted by Crippen LogP contribution is 2.28. The second kappa shape index (κ2) is 7.04. The van der Waals surface area contributed by atoms with Crippen molar-refractivity contribution in [2.45, 2.75) is 26.7 Å². The first-order chi connectivity index (χ1) is 8.04. The van der Waals surface area contributed by atoms with Crippen molar-refractivity contribution in [3.05, 3.63) is 27.7 Å². The van der Waals surface area contributed by atoms with E-state index in [1.165, 1.54) is 0 Å². The van der Waals surface area contributed by atoms with Crippen LogP contribution in [0, 0.1) is 6.92 Å². The lowest BCUT2D eigenvalue weighted by molar-refractivity contribution is 0.758. The van der Waals surface area contributed by atoms with Crippen molar-refractivity contribution in [2.75, 3.05) is 11.9 Å². The first-order valence-electron chi connectivity index (χ1n) is 5.55. The second-order valence-corrected chi connectivity index (χ2v) is 5.04. The van der Waals surface area contributed by atoms with Gasteiger partial charge in [-0.05, 0) is 43.3 Å². The minimum Gasteiger partial charge on any atom is -0.362 e. The van der Waals surface area contributed by atoms with Gasteiger partial charge in [-0.1, -0.05) is 36.5 Å². The number of anilines is 1. The minimum atomic E-state index is 0.570. The van der Waals surface area contributed by atoms with Crippen molar-refractivity contribution in [3.63, 3.8) is 0 Å². The van der Waals surface area contributed by atoms with E-state index in [2.05, 4.69) is 17.6 Å². The van der Waals surface area contributed by atoms with Crippen molar-refractivity contribution in [3.8, 4) is 0 Å². The van der Waals surface area contributed by atoms with Gasteiger partial charge in [0.25, 0.3) is 0 Å². The summed E-state index contributed by atoms with van der Waals surface area (Å²) in [7, 11) is 0. The number of rotatable bonds is 4. The number of nitrogens with one attached hydrogen (secondary N) is 2. The fourth-order valence-electron chi connectivity index (χ4n) is 1.29. The summed E-state index contributed by atoms with van der Waals surface area (Å²) in [5.41, 5.74) is 1.68. The lowest BCUT2D eigenvalue weighted by Crippen LogP contribution is -2.29. The van der Waals surface area contributed by atoms with Crippen LogP contribution < -0.4 is 10.6 Å². The molecule has 0 unspecified atom stereocenters. The summed E-state index contributed by atoms with van der Waals surface area (Å²) in [4.78, 5) is 0. The van der Waals surface area contributed by atoms with Crippen LogP contribution in [0.15, 0.2) is 12.1 Å². The summed E-state index contributed by atoms with van der Waals surface area (Å²) >= 11 is 17.3. The molecule has 0 atom stereocenters. The van der Waals surface area contributed by atoms with Gasteiger partial charge in [-0.2, -0.15) is 0 Å². The van der Waals surface area contributed by atoms with Gasteiger partial charge in [0.2, 0.25) is 0 Å². The fraction of sp³-hybridized carbons (Fsp3) is 0.417. The number of hydrogen-bond donors (Lipinski definition) is 2. The Kier molecular flexibility index (Phi) is 6.03. The van der Waals surface area contributed by atoms with E-state index < -0.39 is 0 Å². The molecule has 0 aliphatic heterocycles. The fourth-order valence-corrected chi connectivity index (χ4v) is 1.93. The van der Waals surface area contributed by atoms with E-state index in [1.807, 2.05) is 13.0 Å². The minimum absolute atomic E-state index is 0.570. The molecule has 5 heteroatoms. The number of thiocarbonyl (C=S) groups is 1. The van der Waals surface area contributed by atoms with Crippen molar-refractivity contribution in [2.24, 2.45) is 0 Å². The zero-order chi connectivity index (χ0) is 12.8. The molecular weight excluding hydrogens is 275 g/mol. The average molecular weight is 291 g/mol. The Balaban J connectivity index is 2.62. The molecule has 0 saturated carbocycles. The van der Waals surface area contributed by atoms with Crippen LogP contribution in [0.2, 0.25) is 10.0 Å². The van der Waals surface area contributed by atoms with Gasteiger partial charge in [-0.25, -0.2) is 0 Å². The number of aryl methyl sites for hydroxylation is 1. The van der Waals surface area contributed by atoms with Crippen molar-refractivity contribution in [1.82, 2.24) is 5.32 Å².